The molecule has 26 heavy (non-hydrogen) atoms. The summed E-state index contributed by atoms with van der Waals surface area (Å²) in [5, 5.41) is 12.0. The Labute approximate surface area is 155 Å². The molecule has 3 heterocycles. The van der Waals surface area contributed by atoms with Crippen LogP contribution in [-0.2, 0) is 4.79 Å². The van der Waals surface area contributed by atoms with E-state index >= 15 is 0 Å². The summed E-state index contributed by atoms with van der Waals surface area (Å²) in [5.41, 5.74) is 1.23. The molecule has 0 aliphatic carbocycles. The van der Waals surface area contributed by atoms with Crippen molar-refractivity contribution in [3.8, 4) is 10.8 Å². The van der Waals surface area contributed by atoms with E-state index in [-0.39, 0.29) is 5.91 Å². The molecule has 0 saturated carbocycles. The summed E-state index contributed by atoms with van der Waals surface area (Å²) >= 11 is 1.30. The van der Waals surface area contributed by atoms with Gasteiger partial charge in [0.15, 0.2) is 10.8 Å². The first-order valence-corrected chi connectivity index (χ1v) is 9.29. The highest BCUT2D eigenvalue weighted by Gasteiger charge is 2.20. The molecule has 0 radical (unpaired) electrons. The van der Waals surface area contributed by atoms with Gasteiger partial charge < -0.3 is 9.32 Å². The smallest absolute Gasteiger partial charge is 0.240 e. The summed E-state index contributed by atoms with van der Waals surface area (Å²) in [7, 11) is 0. The number of nitrogens with one attached hydrogen (secondary N) is 1. The molecule has 1 N–H and O–H groups in total. The Kier molecular flexibility index (Phi) is 4.94. The van der Waals surface area contributed by atoms with Gasteiger partial charge in [0, 0.05) is 31.9 Å². The monoisotopic (exact) mass is 369 g/mol. The fourth-order valence-electron chi connectivity index (χ4n) is 2.94. The van der Waals surface area contributed by atoms with Crippen molar-refractivity contribution >= 4 is 28.1 Å². The zero-order valence-corrected chi connectivity index (χ0v) is 15.0. The van der Waals surface area contributed by atoms with E-state index in [0.717, 1.165) is 26.2 Å². The van der Waals surface area contributed by atoms with Crippen molar-refractivity contribution in [3.63, 3.8) is 0 Å². The largest absolute Gasteiger partial charge is 0.462 e. The van der Waals surface area contributed by atoms with Crippen LogP contribution < -0.4 is 10.2 Å². The maximum Gasteiger partial charge on any atom is 0.240 e. The van der Waals surface area contributed by atoms with E-state index in [2.05, 4.69) is 37.4 Å². The second kappa shape index (κ2) is 7.67. The number of piperazine rings is 1. The summed E-state index contributed by atoms with van der Waals surface area (Å²) in [5.74, 6) is 0.584. The van der Waals surface area contributed by atoms with Crippen molar-refractivity contribution in [2.75, 3.05) is 42.9 Å². The highest BCUT2D eigenvalue weighted by Crippen LogP contribution is 2.26. The number of nitrogens with zero attached hydrogens (tertiary/aromatic N) is 4. The van der Waals surface area contributed by atoms with Crippen LogP contribution in [0.1, 0.15) is 0 Å². The van der Waals surface area contributed by atoms with Crippen LogP contribution in [0.2, 0.25) is 0 Å². The normalized spacial score (nSPS) is 15.2. The molecule has 1 aliphatic rings. The highest BCUT2D eigenvalue weighted by molar-refractivity contribution is 7.18. The second-order valence-electron chi connectivity index (χ2n) is 6.04. The van der Waals surface area contributed by atoms with Crippen molar-refractivity contribution in [2.45, 2.75) is 0 Å². The van der Waals surface area contributed by atoms with E-state index in [1.807, 2.05) is 24.3 Å². The lowest BCUT2D eigenvalue weighted by molar-refractivity contribution is -0.117. The molecular formula is C18H19N5O2S. The summed E-state index contributed by atoms with van der Waals surface area (Å²) in [6, 6.07) is 14.0. The summed E-state index contributed by atoms with van der Waals surface area (Å²) in [4.78, 5) is 16.8. The van der Waals surface area contributed by atoms with E-state index in [1.165, 1.54) is 17.0 Å². The van der Waals surface area contributed by atoms with E-state index < -0.39 is 0 Å². The van der Waals surface area contributed by atoms with E-state index in [0.29, 0.717) is 22.4 Å². The van der Waals surface area contributed by atoms with E-state index in [4.69, 9.17) is 4.42 Å². The number of aromatic nitrogens is 2. The van der Waals surface area contributed by atoms with E-state index in [9.17, 15) is 4.79 Å². The molecule has 1 aliphatic heterocycles. The molecule has 1 saturated heterocycles. The van der Waals surface area contributed by atoms with Gasteiger partial charge in [-0.05, 0) is 24.3 Å². The number of para-hydroxylation sites is 1. The predicted octanol–water partition coefficient (Wildman–Crippen LogP) is 2.56. The fourth-order valence-corrected chi connectivity index (χ4v) is 3.67. The topological polar surface area (TPSA) is 74.5 Å². The summed E-state index contributed by atoms with van der Waals surface area (Å²) in [6.07, 6.45) is 1.59. The Morgan fingerprint density at radius 3 is 2.62 bits per heavy atom. The molecule has 2 aromatic heterocycles. The quantitative estimate of drug-likeness (QED) is 0.745. The lowest BCUT2D eigenvalue weighted by atomic mass is 10.2. The lowest BCUT2D eigenvalue weighted by Crippen LogP contribution is -2.48. The zero-order chi connectivity index (χ0) is 17.8. The third-order valence-corrected chi connectivity index (χ3v) is 5.12. The Hall–Kier alpha value is -2.71. The van der Waals surface area contributed by atoms with Gasteiger partial charge >= 0.3 is 0 Å². The number of furan rings is 1. The van der Waals surface area contributed by atoms with Crippen LogP contribution in [0.3, 0.4) is 0 Å². The first-order valence-electron chi connectivity index (χ1n) is 8.47. The van der Waals surface area contributed by atoms with Crippen molar-refractivity contribution in [3.05, 3.63) is 48.7 Å². The van der Waals surface area contributed by atoms with Gasteiger partial charge in [0.05, 0.1) is 12.8 Å². The number of hydrogen-bond donors (Lipinski definition) is 1. The van der Waals surface area contributed by atoms with Crippen LogP contribution >= 0.6 is 11.3 Å². The van der Waals surface area contributed by atoms with Gasteiger partial charge in [-0.2, -0.15) is 0 Å². The van der Waals surface area contributed by atoms with Crippen LogP contribution in [-0.4, -0.2) is 53.7 Å². The predicted molar refractivity (Wildman–Crippen MR) is 101 cm³/mol. The Morgan fingerprint density at radius 1 is 1.08 bits per heavy atom. The number of rotatable bonds is 5. The first kappa shape index (κ1) is 16.7. The molecule has 4 rings (SSSR count). The molecular weight excluding hydrogens is 350 g/mol. The minimum atomic E-state index is -0.0692. The third-order valence-electron chi connectivity index (χ3n) is 4.26. The average Bonchev–Trinajstić information content (AvgIpc) is 3.35. The number of anilines is 2. The molecule has 1 fully saturated rings. The van der Waals surface area contributed by atoms with Gasteiger partial charge in [0.25, 0.3) is 0 Å². The molecule has 3 aromatic rings. The van der Waals surface area contributed by atoms with Crippen molar-refractivity contribution in [1.29, 1.82) is 0 Å². The standard InChI is InChI=1S/C18H19N5O2S/c24-16(19-18-21-20-17(26-18)15-7-4-12-25-15)13-22-8-10-23(11-9-22)14-5-2-1-3-6-14/h1-7,12H,8-11,13H2,(H,19,21,24). The van der Waals surface area contributed by atoms with E-state index in [1.54, 1.807) is 12.3 Å². The number of amides is 1. The number of carbonyl (C=O) groups is 1. The molecule has 1 amide bonds. The van der Waals surface area contributed by atoms with Crippen LogP contribution in [0.15, 0.2) is 53.1 Å². The minimum Gasteiger partial charge on any atom is -0.462 e. The van der Waals surface area contributed by atoms with Gasteiger partial charge in [0.1, 0.15) is 0 Å². The molecule has 8 heteroatoms. The van der Waals surface area contributed by atoms with Gasteiger partial charge in [-0.1, -0.05) is 29.5 Å². The second-order valence-corrected chi connectivity index (χ2v) is 7.01. The van der Waals surface area contributed by atoms with Crippen molar-refractivity contribution in [2.24, 2.45) is 0 Å². The van der Waals surface area contributed by atoms with Gasteiger partial charge in [-0.3, -0.25) is 15.0 Å². The van der Waals surface area contributed by atoms with Crippen molar-refractivity contribution in [1.82, 2.24) is 15.1 Å². The number of carbonyl (C=O) groups excluding carboxylic acids is 1. The Morgan fingerprint density at radius 2 is 1.88 bits per heavy atom. The zero-order valence-electron chi connectivity index (χ0n) is 14.2. The molecule has 7 nitrogen and oxygen atoms in total. The maximum absolute atomic E-state index is 12.3. The number of benzene rings is 1. The molecule has 0 unspecified atom stereocenters. The summed E-state index contributed by atoms with van der Waals surface area (Å²) in [6.45, 7) is 3.90. The van der Waals surface area contributed by atoms with Gasteiger partial charge in [-0.15, -0.1) is 10.2 Å². The maximum atomic E-state index is 12.3. The highest BCUT2D eigenvalue weighted by atomic mass is 32.1. The van der Waals surface area contributed by atoms with Crippen LogP contribution in [0.5, 0.6) is 0 Å². The lowest BCUT2D eigenvalue weighted by Gasteiger charge is -2.35. The Bertz CT molecular complexity index is 842. The molecule has 0 spiro atoms. The fraction of sp³-hybridized carbons (Fsp3) is 0.278. The van der Waals surface area contributed by atoms with Gasteiger partial charge in [0.2, 0.25) is 11.0 Å². The number of hydrogen-bond acceptors (Lipinski definition) is 7. The summed E-state index contributed by atoms with van der Waals surface area (Å²) < 4.78 is 5.29. The minimum absolute atomic E-state index is 0.0692. The van der Waals surface area contributed by atoms with Crippen LogP contribution in [0.25, 0.3) is 10.8 Å². The van der Waals surface area contributed by atoms with Crippen molar-refractivity contribution < 1.29 is 9.21 Å². The molecule has 0 atom stereocenters. The van der Waals surface area contributed by atoms with Crippen LogP contribution in [0.4, 0.5) is 10.8 Å². The van der Waals surface area contributed by atoms with Gasteiger partial charge in [-0.25, -0.2) is 0 Å². The third kappa shape index (κ3) is 3.92. The molecule has 0 bridgehead atoms. The SMILES string of the molecule is O=C(CN1CCN(c2ccccc2)CC1)Nc1nnc(-c2ccco2)s1. The molecule has 1 aromatic carbocycles. The molecule has 134 valence electrons. The average molecular weight is 369 g/mol. The van der Waals surface area contributed by atoms with Crippen LogP contribution in [0, 0.1) is 0 Å². The first-order chi connectivity index (χ1) is 12.8. The Balaban J connectivity index is 1.27.